The fourth-order valence-corrected chi connectivity index (χ4v) is 2.09. The van der Waals surface area contributed by atoms with Gasteiger partial charge in [0.15, 0.2) is 0 Å². The first kappa shape index (κ1) is 11.6. The van der Waals surface area contributed by atoms with Crippen LogP contribution in [0.3, 0.4) is 0 Å². The molecule has 1 unspecified atom stereocenters. The van der Waals surface area contributed by atoms with Crippen molar-refractivity contribution in [2.75, 3.05) is 0 Å². The van der Waals surface area contributed by atoms with Gasteiger partial charge in [-0.1, -0.05) is 6.07 Å². The number of carboxylic acid groups (broad SMARTS) is 1. The fraction of sp³-hybridized carbons (Fsp3) is 0.417. The van der Waals surface area contributed by atoms with Gasteiger partial charge in [-0.15, -0.1) is 0 Å². The van der Waals surface area contributed by atoms with Crippen molar-refractivity contribution in [1.29, 1.82) is 0 Å². The molecule has 1 aromatic rings. The molecule has 0 radical (unpaired) electrons. The van der Waals surface area contributed by atoms with Gasteiger partial charge in [0.25, 0.3) is 0 Å². The average molecular weight is 234 g/mol. The molecule has 1 saturated heterocycles. The molecule has 1 aromatic heterocycles. The molecular weight excluding hydrogens is 220 g/mol. The zero-order valence-electron chi connectivity index (χ0n) is 9.59. The average Bonchev–Trinajstić information content (AvgIpc) is 2.61. The molecule has 1 fully saturated rings. The van der Waals surface area contributed by atoms with Crippen molar-refractivity contribution in [3.8, 4) is 0 Å². The summed E-state index contributed by atoms with van der Waals surface area (Å²) in [7, 11) is 0. The van der Waals surface area contributed by atoms with E-state index < -0.39 is 12.0 Å². The summed E-state index contributed by atoms with van der Waals surface area (Å²) in [5.41, 5.74) is 1.87. The molecule has 2 heterocycles. The first-order chi connectivity index (χ1) is 8.08. The van der Waals surface area contributed by atoms with E-state index in [1.165, 1.54) is 4.90 Å². The van der Waals surface area contributed by atoms with E-state index in [1.54, 1.807) is 12.4 Å². The van der Waals surface area contributed by atoms with Crippen LogP contribution in [0.25, 0.3) is 0 Å². The lowest BCUT2D eigenvalue weighted by Gasteiger charge is -2.21. The molecule has 0 saturated carbocycles. The van der Waals surface area contributed by atoms with Gasteiger partial charge in [-0.2, -0.15) is 0 Å². The molecule has 0 aliphatic carbocycles. The fourth-order valence-electron chi connectivity index (χ4n) is 2.09. The highest BCUT2D eigenvalue weighted by molar-refractivity contribution is 5.87. The quantitative estimate of drug-likeness (QED) is 0.845. The van der Waals surface area contributed by atoms with Crippen molar-refractivity contribution in [2.24, 2.45) is 0 Å². The van der Waals surface area contributed by atoms with E-state index in [1.807, 2.05) is 13.0 Å². The highest BCUT2D eigenvalue weighted by atomic mass is 16.4. The lowest BCUT2D eigenvalue weighted by molar-refractivity contribution is -0.146. The van der Waals surface area contributed by atoms with Crippen molar-refractivity contribution in [3.63, 3.8) is 0 Å². The largest absolute Gasteiger partial charge is 0.480 e. The van der Waals surface area contributed by atoms with E-state index in [0.717, 1.165) is 11.1 Å². The number of carbonyl (C=O) groups is 2. The van der Waals surface area contributed by atoms with Crippen molar-refractivity contribution >= 4 is 11.9 Å². The summed E-state index contributed by atoms with van der Waals surface area (Å²) in [6.45, 7) is 2.24. The van der Waals surface area contributed by atoms with Crippen LogP contribution < -0.4 is 0 Å². The van der Waals surface area contributed by atoms with Crippen LogP contribution in [-0.2, 0) is 16.1 Å². The first-order valence-electron chi connectivity index (χ1n) is 5.51. The summed E-state index contributed by atoms with van der Waals surface area (Å²) in [5, 5.41) is 9.02. The second-order valence-electron chi connectivity index (χ2n) is 4.28. The molecule has 5 nitrogen and oxygen atoms in total. The van der Waals surface area contributed by atoms with Gasteiger partial charge in [0.05, 0.1) is 0 Å². The monoisotopic (exact) mass is 234 g/mol. The zero-order chi connectivity index (χ0) is 12.4. The summed E-state index contributed by atoms with van der Waals surface area (Å²) >= 11 is 0. The first-order valence-corrected chi connectivity index (χ1v) is 5.51. The predicted octanol–water partition coefficient (Wildman–Crippen LogP) is 0.966. The SMILES string of the molecule is Cc1cncc(CN2C(=O)CCC2C(=O)O)c1. The number of nitrogens with zero attached hydrogens (tertiary/aromatic N) is 2. The topological polar surface area (TPSA) is 70.5 Å². The highest BCUT2D eigenvalue weighted by Crippen LogP contribution is 2.21. The Morgan fingerprint density at radius 1 is 1.59 bits per heavy atom. The summed E-state index contributed by atoms with van der Waals surface area (Å²) in [5.74, 6) is -1.03. The number of hydrogen-bond donors (Lipinski definition) is 1. The van der Waals surface area contributed by atoms with Crippen LogP contribution in [0.1, 0.15) is 24.0 Å². The van der Waals surface area contributed by atoms with E-state index in [0.29, 0.717) is 19.4 Å². The molecule has 2 rings (SSSR count). The summed E-state index contributed by atoms with van der Waals surface area (Å²) in [6, 6.07) is 1.22. The zero-order valence-corrected chi connectivity index (χ0v) is 9.59. The standard InChI is InChI=1S/C12H14N2O3/c1-8-4-9(6-13-5-8)7-14-10(12(16)17)2-3-11(14)15/h4-6,10H,2-3,7H2,1H3,(H,16,17). The molecule has 1 aliphatic rings. The minimum absolute atomic E-state index is 0.0982. The van der Waals surface area contributed by atoms with E-state index >= 15 is 0 Å². The van der Waals surface area contributed by atoms with Gasteiger partial charge >= 0.3 is 5.97 Å². The Hall–Kier alpha value is -1.91. The van der Waals surface area contributed by atoms with Crippen LogP contribution in [0.2, 0.25) is 0 Å². The molecule has 1 atom stereocenters. The normalized spacial score (nSPS) is 19.7. The van der Waals surface area contributed by atoms with E-state index in [9.17, 15) is 9.59 Å². The number of aliphatic carboxylic acids is 1. The van der Waals surface area contributed by atoms with Crippen LogP contribution in [0, 0.1) is 6.92 Å². The van der Waals surface area contributed by atoms with Crippen molar-refractivity contribution in [1.82, 2.24) is 9.88 Å². The lowest BCUT2D eigenvalue weighted by atomic mass is 10.2. The number of carboxylic acids is 1. The Morgan fingerprint density at radius 2 is 2.35 bits per heavy atom. The second kappa shape index (κ2) is 4.53. The van der Waals surface area contributed by atoms with Gasteiger partial charge < -0.3 is 10.0 Å². The Labute approximate surface area is 99.1 Å². The predicted molar refractivity (Wildman–Crippen MR) is 60.2 cm³/mol. The third-order valence-corrected chi connectivity index (χ3v) is 2.90. The van der Waals surface area contributed by atoms with E-state index in [4.69, 9.17) is 5.11 Å². The third kappa shape index (κ3) is 2.43. The number of likely N-dealkylation sites (tertiary alicyclic amines) is 1. The van der Waals surface area contributed by atoms with Crippen LogP contribution in [0.15, 0.2) is 18.5 Å². The third-order valence-electron chi connectivity index (χ3n) is 2.90. The molecule has 1 aliphatic heterocycles. The van der Waals surface area contributed by atoms with Crippen molar-refractivity contribution < 1.29 is 14.7 Å². The highest BCUT2D eigenvalue weighted by Gasteiger charge is 2.35. The molecule has 1 amide bonds. The van der Waals surface area contributed by atoms with Crippen molar-refractivity contribution in [3.05, 3.63) is 29.6 Å². The molecular formula is C12H14N2O3. The Kier molecular flexibility index (Phi) is 3.08. The maximum atomic E-state index is 11.6. The number of carbonyl (C=O) groups excluding carboxylic acids is 1. The minimum atomic E-state index is -0.934. The van der Waals surface area contributed by atoms with Gasteiger partial charge in [0.1, 0.15) is 6.04 Å². The van der Waals surface area contributed by atoms with Crippen LogP contribution in [-0.4, -0.2) is 32.9 Å². The Morgan fingerprint density at radius 3 is 3.00 bits per heavy atom. The van der Waals surface area contributed by atoms with Crippen molar-refractivity contribution in [2.45, 2.75) is 32.4 Å². The maximum absolute atomic E-state index is 11.6. The number of aryl methyl sites for hydroxylation is 1. The maximum Gasteiger partial charge on any atom is 0.326 e. The van der Waals surface area contributed by atoms with E-state index in [2.05, 4.69) is 4.98 Å². The van der Waals surface area contributed by atoms with E-state index in [-0.39, 0.29) is 5.91 Å². The summed E-state index contributed by atoms with van der Waals surface area (Å²) < 4.78 is 0. The summed E-state index contributed by atoms with van der Waals surface area (Å²) in [6.07, 6.45) is 4.10. The summed E-state index contributed by atoms with van der Waals surface area (Å²) in [4.78, 5) is 28.1. The number of pyridine rings is 1. The van der Waals surface area contributed by atoms with Crippen LogP contribution in [0.5, 0.6) is 0 Å². The van der Waals surface area contributed by atoms with Crippen LogP contribution in [0.4, 0.5) is 0 Å². The molecule has 0 aromatic carbocycles. The smallest absolute Gasteiger partial charge is 0.326 e. The number of rotatable bonds is 3. The molecule has 0 bridgehead atoms. The van der Waals surface area contributed by atoms with Crippen LogP contribution >= 0.6 is 0 Å². The number of hydrogen-bond acceptors (Lipinski definition) is 3. The molecule has 0 spiro atoms. The Bertz CT molecular complexity index is 459. The number of amides is 1. The minimum Gasteiger partial charge on any atom is -0.480 e. The Balaban J connectivity index is 2.16. The lowest BCUT2D eigenvalue weighted by Crippen LogP contribution is -2.37. The van der Waals surface area contributed by atoms with Gasteiger partial charge in [0, 0.05) is 25.4 Å². The van der Waals surface area contributed by atoms with Gasteiger partial charge in [0.2, 0.25) is 5.91 Å². The van der Waals surface area contributed by atoms with Gasteiger partial charge in [-0.25, -0.2) is 4.79 Å². The molecule has 5 heteroatoms. The number of aromatic nitrogens is 1. The molecule has 17 heavy (non-hydrogen) atoms. The molecule has 1 N–H and O–H groups in total. The molecule has 90 valence electrons. The second-order valence-corrected chi connectivity index (χ2v) is 4.28. The van der Waals surface area contributed by atoms with Gasteiger partial charge in [-0.3, -0.25) is 9.78 Å². The van der Waals surface area contributed by atoms with Gasteiger partial charge in [-0.05, 0) is 24.5 Å².